The van der Waals surface area contributed by atoms with E-state index in [4.69, 9.17) is 11.1 Å². The summed E-state index contributed by atoms with van der Waals surface area (Å²) in [4.78, 5) is 0.206. The van der Waals surface area contributed by atoms with Crippen LogP contribution >= 0.6 is 0 Å². The fraction of sp³-hybridized carbons (Fsp3) is 0.600. The molecule has 0 unspecified atom stereocenters. The van der Waals surface area contributed by atoms with E-state index < -0.39 is 10.0 Å². The Balaban J connectivity index is 2.25. The van der Waals surface area contributed by atoms with Gasteiger partial charge in [-0.3, -0.25) is 10.5 Å². The zero-order valence-corrected chi connectivity index (χ0v) is 11.0. The van der Waals surface area contributed by atoms with Gasteiger partial charge in [0, 0.05) is 19.0 Å². The maximum atomic E-state index is 12.5. The average Bonchev–Trinajstić information content (AvgIpc) is 2.99. The minimum atomic E-state index is -3.53. The lowest BCUT2D eigenvalue weighted by atomic mass is 10.4. The molecule has 0 amide bonds. The highest BCUT2D eigenvalue weighted by atomic mass is 32.2. The predicted molar refractivity (Wildman–Crippen MR) is 66.8 cm³/mol. The Morgan fingerprint density at radius 2 is 2.33 bits per heavy atom. The second-order valence-electron chi connectivity index (χ2n) is 4.48. The first-order valence-corrected chi connectivity index (χ1v) is 7.21. The van der Waals surface area contributed by atoms with Gasteiger partial charge in [-0.1, -0.05) is 0 Å². The molecule has 0 bridgehead atoms. The van der Waals surface area contributed by atoms with Crippen LogP contribution in [0.5, 0.6) is 0 Å². The standard InChI is InChI=1S/C10H17N5O2S/c1-7-9(6-13-14-7)18(16,17)15(8-2-3-8)5-4-10(11)12/h6,8H,2-5H2,1H3,(H3,11,12)(H,13,14). The summed E-state index contributed by atoms with van der Waals surface area (Å²) < 4.78 is 26.4. The number of aromatic nitrogens is 2. The van der Waals surface area contributed by atoms with Gasteiger partial charge >= 0.3 is 0 Å². The number of amidine groups is 1. The number of hydrogen-bond acceptors (Lipinski definition) is 4. The Labute approximate surface area is 106 Å². The molecule has 2 rings (SSSR count). The maximum absolute atomic E-state index is 12.5. The largest absolute Gasteiger partial charge is 0.388 e. The maximum Gasteiger partial charge on any atom is 0.246 e. The number of aromatic amines is 1. The fourth-order valence-electron chi connectivity index (χ4n) is 1.82. The minimum absolute atomic E-state index is 0.000217. The molecule has 8 heteroatoms. The third-order valence-corrected chi connectivity index (χ3v) is 4.99. The molecule has 1 aliphatic rings. The van der Waals surface area contributed by atoms with E-state index in [1.807, 2.05) is 0 Å². The van der Waals surface area contributed by atoms with Crippen molar-refractivity contribution in [1.29, 1.82) is 5.41 Å². The first-order valence-electron chi connectivity index (χ1n) is 5.77. The van der Waals surface area contributed by atoms with Crippen LogP contribution in [0.2, 0.25) is 0 Å². The Bertz CT molecular complexity index is 546. The zero-order valence-electron chi connectivity index (χ0n) is 10.2. The minimum Gasteiger partial charge on any atom is -0.388 e. The van der Waals surface area contributed by atoms with Crippen molar-refractivity contribution < 1.29 is 8.42 Å². The molecule has 0 aliphatic heterocycles. The average molecular weight is 271 g/mol. The van der Waals surface area contributed by atoms with Crippen LogP contribution in [-0.2, 0) is 10.0 Å². The predicted octanol–water partition coefficient (Wildman–Crippen LogP) is 0.197. The first kappa shape index (κ1) is 13.0. The molecule has 100 valence electrons. The van der Waals surface area contributed by atoms with Crippen molar-refractivity contribution in [2.75, 3.05) is 6.54 Å². The number of sulfonamides is 1. The van der Waals surface area contributed by atoms with Gasteiger partial charge in [0.2, 0.25) is 10.0 Å². The van der Waals surface area contributed by atoms with E-state index >= 15 is 0 Å². The van der Waals surface area contributed by atoms with E-state index in [1.165, 1.54) is 10.5 Å². The van der Waals surface area contributed by atoms with Crippen molar-refractivity contribution in [1.82, 2.24) is 14.5 Å². The van der Waals surface area contributed by atoms with E-state index in [1.54, 1.807) is 6.92 Å². The van der Waals surface area contributed by atoms with Crippen LogP contribution < -0.4 is 5.73 Å². The Kier molecular flexibility index (Phi) is 3.40. The normalized spacial score (nSPS) is 16.1. The Hall–Kier alpha value is -1.41. The molecule has 18 heavy (non-hydrogen) atoms. The lowest BCUT2D eigenvalue weighted by molar-refractivity contribution is 0.412. The molecule has 1 aliphatic carbocycles. The highest BCUT2D eigenvalue weighted by Gasteiger charge is 2.38. The van der Waals surface area contributed by atoms with Crippen LogP contribution in [0.25, 0.3) is 0 Å². The molecule has 0 atom stereocenters. The summed E-state index contributed by atoms with van der Waals surface area (Å²) in [6, 6.07) is 0.0450. The third-order valence-electron chi connectivity index (χ3n) is 2.93. The van der Waals surface area contributed by atoms with E-state index in [-0.39, 0.29) is 29.7 Å². The second-order valence-corrected chi connectivity index (χ2v) is 6.34. The second kappa shape index (κ2) is 4.69. The highest BCUT2D eigenvalue weighted by Crippen LogP contribution is 2.32. The van der Waals surface area contributed by atoms with Crippen molar-refractivity contribution >= 4 is 15.9 Å². The summed E-state index contributed by atoms with van der Waals surface area (Å²) in [7, 11) is -3.53. The van der Waals surface area contributed by atoms with Crippen LogP contribution in [0.15, 0.2) is 11.1 Å². The number of nitrogens with zero attached hydrogens (tertiary/aromatic N) is 2. The van der Waals surface area contributed by atoms with E-state index in [9.17, 15) is 8.42 Å². The van der Waals surface area contributed by atoms with Gasteiger partial charge in [0.05, 0.1) is 17.7 Å². The molecule has 0 saturated heterocycles. The third kappa shape index (κ3) is 2.54. The van der Waals surface area contributed by atoms with Gasteiger partial charge in [0.1, 0.15) is 4.90 Å². The number of hydrogen-bond donors (Lipinski definition) is 3. The summed E-state index contributed by atoms with van der Waals surface area (Å²) in [6.45, 7) is 1.93. The smallest absolute Gasteiger partial charge is 0.246 e. The molecule has 4 N–H and O–H groups in total. The molecule has 1 aromatic heterocycles. The van der Waals surface area contributed by atoms with Crippen LogP contribution in [0.3, 0.4) is 0 Å². The monoisotopic (exact) mass is 271 g/mol. The molecule has 1 aromatic rings. The Morgan fingerprint density at radius 1 is 1.67 bits per heavy atom. The summed E-state index contributed by atoms with van der Waals surface area (Å²) in [6.07, 6.45) is 3.32. The molecule has 0 spiro atoms. The van der Waals surface area contributed by atoms with Crippen molar-refractivity contribution in [2.24, 2.45) is 5.73 Å². The molecule has 0 aromatic carbocycles. The molecule has 1 heterocycles. The molecule has 0 radical (unpaired) electrons. The van der Waals surface area contributed by atoms with Crippen LogP contribution in [0, 0.1) is 12.3 Å². The number of nitrogens with two attached hydrogens (primary N) is 1. The summed E-state index contributed by atoms with van der Waals surface area (Å²) >= 11 is 0. The van der Waals surface area contributed by atoms with E-state index in [2.05, 4.69) is 10.2 Å². The highest BCUT2D eigenvalue weighted by molar-refractivity contribution is 7.89. The molecule has 1 saturated carbocycles. The summed E-state index contributed by atoms with van der Waals surface area (Å²) in [5, 5.41) is 13.6. The van der Waals surface area contributed by atoms with Gasteiger partial charge in [-0.15, -0.1) is 0 Å². The Morgan fingerprint density at radius 3 is 2.78 bits per heavy atom. The van der Waals surface area contributed by atoms with Crippen molar-refractivity contribution in [3.05, 3.63) is 11.9 Å². The topological polar surface area (TPSA) is 116 Å². The fourth-order valence-corrected chi connectivity index (χ4v) is 3.62. The van der Waals surface area contributed by atoms with Gasteiger partial charge < -0.3 is 5.73 Å². The lowest BCUT2D eigenvalue weighted by Gasteiger charge is -2.21. The van der Waals surface area contributed by atoms with Crippen LogP contribution in [-0.4, -0.2) is 41.3 Å². The van der Waals surface area contributed by atoms with Crippen molar-refractivity contribution in [3.63, 3.8) is 0 Å². The number of nitrogens with one attached hydrogen (secondary N) is 2. The van der Waals surface area contributed by atoms with Gasteiger partial charge in [0.15, 0.2) is 0 Å². The molecule has 1 fully saturated rings. The number of aryl methyl sites for hydroxylation is 1. The first-order chi connectivity index (χ1) is 8.43. The molecular formula is C10H17N5O2S. The van der Waals surface area contributed by atoms with Gasteiger partial charge in [-0.25, -0.2) is 8.42 Å². The van der Waals surface area contributed by atoms with Crippen LogP contribution in [0.1, 0.15) is 25.0 Å². The lowest BCUT2D eigenvalue weighted by Crippen LogP contribution is -2.35. The van der Waals surface area contributed by atoms with Gasteiger partial charge in [0.25, 0.3) is 0 Å². The quantitative estimate of drug-likeness (QED) is 0.506. The van der Waals surface area contributed by atoms with Crippen molar-refractivity contribution in [2.45, 2.75) is 37.1 Å². The summed E-state index contributed by atoms with van der Waals surface area (Å²) in [5.41, 5.74) is 5.83. The van der Waals surface area contributed by atoms with Crippen LogP contribution in [0.4, 0.5) is 0 Å². The molecule has 7 nitrogen and oxygen atoms in total. The van der Waals surface area contributed by atoms with Crippen molar-refractivity contribution in [3.8, 4) is 0 Å². The van der Waals surface area contributed by atoms with Gasteiger partial charge in [-0.05, 0) is 19.8 Å². The van der Waals surface area contributed by atoms with Gasteiger partial charge in [-0.2, -0.15) is 9.40 Å². The molecular weight excluding hydrogens is 254 g/mol. The van der Waals surface area contributed by atoms with E-state index in [0.29, 0.717) is 5.69 Å². The number of rotatable bonds is 6. The summed E-state index contributed by atoms with van der Waals surface area (Å²) in [5.74, 6) is -0.000217. The van der Waals surface area contributed by atoms with E-state index in [0.717, 1.165) is 12.8 Å². The zero-order chi connectivity index (χ0) is 13.3. The number of H-pyrrole nitrogens is 1. The SMILES string of the molecule is Cc1[nH]ncc1S(=O)(=O)N(CCC(=N)N)C1CC1.